The van der Waals surface area contributed by atoms with Gasteiger partial charge in [0.2, 0.25) is 0 Å². The standard InChI is InChI=1S/C10H8N2O2/c11-6-3-7-12-8-4-1-2-5-9(8)14-10(12)13/h1-2,4-5H,3,7H2. The summed E-state index contributed by atoms with van der Waals surface area (Å²) in [4.78, 5) is 11.3. The monoisotopic (exact) mass is 188 g/mol. The van der Waals surface area contributed by atoms with E-state index in [0.717, 1.165) is 5.52 Å². The molecule has 0 saturated carbocycles. The normalized spacial score (nSPS) is 10.2. The Kier molecular flexibility index (Phi) is 2.07. The van der Waals surface area contributed by atoms with Crippen molar-refractivity contribution in [3.63, 3.8) is 0 Å². The number of para-hydroxylation sites is 2. The van der Waals surface area contributed by atoms with Crippen LogP contribution in [0.4, 0.5) is 0 Å². The first kappa shape index (κ1) is 8.57. The predicted octanol–water partition coefficient (Wildman–Crippen LogP) is 1.51. The molecule has 0 N–H and O–H groups in total. The maximum absolute atomic E-state index is 11.3. The van der Waals surface area contributed by atoms with Gasteiger partial charge in [0.05, 0.1) is 18.0 Å². The van der Waals surface area contributed by atoms with Crippen molar-refractivity contribution >= 4 is 11.1 Å². The predicted molar refractivity (Wildman–Crippen MR) is 50.7 cm³/mol. The van der Waals surface area contributed by atoms with E-state index in [1.165, 1.54) is 4.57 Å². The Morgan fingerprint density at radius 1 is 1.43 bits per heavy atom. The minimum Gasteiger partial charge on any atom is -0.408 e. The van der Waals surface area contributed by atoms with Gasteiger partial charge in [0, 0.05) is 6.54 Å². The van der Waals surface area contributed by atoms with Gasteiger partial charge < -0.3 is 4.42 Å². The Hall–Kier alpha value is -2.02. The molecule has 4 heteroatoms. The number of aryl methyl sites for hydroxylation is 1. The summed E-state index contributed by atoms with van der Waals surface area (Å²) >= 11 is 0. The second-order valence-corrected chi connectivity index (χ2v) is 2.90. The number of nitriles is 1. The molecule has 0 aliphatic carbocycles. The van der Waals surface area contributed by atoms with Gasteiger partial charge >= 0.3 is 5.76 Å². The summed E-state index contributed by atoms with van der Waals surface area (Å²) in [6.07, 6.45) is 0.309. The lowest BCUT2D eigenvalue weighted by Gasteiger charge is -1.95. The van der Waals surface area contributed by atoms with Gasteiger partial charge in [0.25, 0.3) is 0 Å². The second kappa shape index (κ2) is 3.38. The third kappa shape index (κ3) is 1.29. The van der Waals surface area contributed by atoms with Crippen LogP contribution in [0.2, 0.25) is 0 Å². The highest BCUT2D eigenvalue weighted by Gasteiger charge is 2.06. The highest BCUT2D eigenvalue weighted by atomic mass is 16.4. The average Bonchev–Trinajstić information content (AvgIpc) is 2.51. The highest BCUT2D eigenvalue weighted by molar-refractivity contribution is 5.72. The highest BCUT2D eigenvalue weighted by Crippen LogP contribution is 2.11. The fourth-order valence-corrected chi connectivity index (χ4v) is 1.39. The third-order valence-electron chi connectivity index (χ3n) is 2.02. The molecular formula is C10H8N2O2. The Bertz CT molecular complexity index is 545. The zero-order valence-corrected chi connectivity index (χ0v) is 7.43. The van der Waals surface area contributed by atoms with Crippen LogP contribution in [0, 0.1) is 11.3 Å². The maximum Gasteiger partial charge on any atom is 0.419 e. The molecule has 70 valence electrons. The molecule has 1 aromatic heterocycles. The molecule has 0 aliphatic rings. The van der Waals surface area contributed by atoms with Gasteiger partial charge in [-0.05, 0) is 12.1 Å². The van der Waals surface area contributed by atoms with Crippen LogP contribution < -0.4 is 5.76 Å². The lowest BCUT2D eigenvalue weighted by atomic mass is 10.3. The summed E-state index contributed by atoms with van der Waals surface area (Å²) in [7, 11) is 0. The fourth-order valence-electron chi connectivity index (χ4n) is 1.39. The summed E-state index contributed by atoms with van der Waals surface area (Å²) < 4.78 is 6.46. The van der Waals surface area contributed by atoms with Crippen molar-refractivity contribution in [3.05, 3.63) is 34.8 Å². The number of rotatable bonds is 2. The number of aromatic nitrogens is 1. The van der Waals surface area contributed by atoms with E-state index in [1.807, 2.05) is 12.1 Å². The Morgan fingerprint density at radius 2 is 2.21 bits per heavy atom. The quantitative estimate of drug-likeness (QED) is 0.717. The second-order valence-electron chi connectivity index (χ2n) is 2.90. The van der Waals surface area contributed by atoms with Crippen LogP contribution in [0.3, 0.4) is 0 Å². The van der Waals surface area contributed by atoms with Crippen LogP contribution >= 0.6 is 0 Å². The Labute approximate surface area is 80.0 Å². The molecule has 0 atom stereocenters. The summed E-state index contributed by atoms with van der Waals surface area (Å²) in [6.45, 7) is 0.381. The number of fused-ring (bicyclic) bond motifs is 1. The number of hydrogen-bond acceptors (Lipinski definition) is 3. The number of hydrogen-bond donors (Lipinski definition) is 0. The number of nitrogens with zero attached hydrogens (tertiary/aromatic N) is 2. The van der Waals surface area contributed by atoms with Crippen LogP contribution in [0.5, 0.6) is 0 Å². The molecule has 0 amide bonds. The van der Waals surface area contributed by atoms with Crippen LogP contribution in [0.25, 0.3) is 11.1 Å². The topological polar surface area (TPSA) is 58.9 Å². The van der Waals surface area contributed by atoms with E-state index in [2.05, 4.69) is 0 Å². The first-order valence-electron chi connectivity index (χ1n) is 4.28. The first-order valence-corrected chi connectivity index (χ1v) is 4.28. The molecule has 0 radical (unpaired) electrons. The van der Waals surface area contributed by atoms with Gasteiger partial charge in [0.15, 0.2) is 5.58 Å². The van der Waals surface area contributed by atoms with Crippen molar-refractivity contribution in [1.29, 1.82) is 5.26 Å². The van der Waals surface area contributed by atoms with Crippen molar-refractivity contribution in [2.45, 2.75) is 13.0 Å². The molecule has 1 heterocycles. The van der Waals surface area contributed by atoms with E-state index in [1.54, 1.807) is 18.2 Å². The summed E-state index contributed by atoms with van der Waals surface area (Å²) in [6, 6.07) is 9.17. The van der Waals surface area contributed by atoms with E-state index >= 15 is 0 Å². The van der Waals surface area contributed by atoms with E-state index in [-0.39, 0.29) is 0 Å². The van der Waals surface area contributed by atoms with Crippen molar-refractivity contribution in [3.8, 4) is 6.07 Å². The molecule has 0 unspecified atom stereocenters. The van der Waals surface area contributed by atoms with Crippen molar-refractivity contribution in [1.82, 2.24) is 4.57 Å². The van der Waals surface area contributed by atoms with Crippen LogP contribution in [-0.4, -0.2) is 4.57 Å². The van der Waals surface area contributed by atoms with Crippen molar-refractivity contribution in [2.24, 2.45) is 0 Å². The summed E-state index contributed by atoms with van der Waals surface area (Å²) in [5.74, 6) is -0.401. The van der Waals surface area contributed by atoms with Crippen LogP contribution in [0.1, 0.15) is 6.42 Å². The van der Waals surface area contributed by atoms with Crippen LogP contribution in [-0.2, 0) is 6.54 Å². The smallest absolute Gasteiger partial charge is 0.408 e. The van der Waals surface area contributed by atoms with E-state index in [4.69, 9.17) is 9.68 Å². The number of benzene rings is 1. The largest absolute Gasteiger partial charge is 0.419 e. The van der Waals surface area contributed by atoms with Crippen molar-refractivity contribution < 1.29 is 4.42 Å². The lowest BCUT2D eigenvalue weighted by molar-refractivity contribution is 0.507. The van der Waals surface area contributed by atoms with Crippen LogP contribution in [0.15, 0.2) is 33.5 Å². The third-order valence-corrected chi connectivity index (χ3v) is 2.02. The molecular weight excluding hydrogens is 180 g/mol. The first-order chi connectivity index (χ1) is 6.83. The molecule has 0 saturated heterocycles. The van der Waals surface area contributed by atoms with Gasteiger partial charge in [-0.25, -0.2) is 4.79 Å². The SMILES string of the molecule is N#CCCn1c(=O)oc2ccccc21. The van der Waals surface area contributed by atoms with E-state index < -0.39 is 5.76 Å². The zero-order valence-electron chi connectivity index (χ0n) is 7.43. The molecule has 4 nitrogen and oxygen atoms in total. The molecule has 0 fully saturated rings. The zero-order chi connectivity index (χ0) is 9.97. The molecule has 0 spiro atoms. The summed E-state index contributed by atoms with van der Waals surface area (Å²) in [5, 5.41) is 8.43. The summed E-state index contributed by atoms with van der Waals surface area (Å²) in [5.41, 5.74) is 1.31. The van der Waals surface area contributed by atoms with Gasteiger partial charge in [-0.1, -0.05) is 12.1 Å². The lowest BCUT2D eigenvalue weighted by Crippen LogP contribution is -2.13. The molecule has 0 aliphatic heterocycles. The minimum atomic E-state index is -0.401. The minimum absolute atomic E-state index is 0.309. The average molecular weight is 188 g/mol. The molecule has 1 aromatic carbocycles. The van der Waals surface area contributed by atoms with E-state index in [0.29, 0.717) is 18.5 Å². The van der Waals surface area contributed by atoms with Gasteiger partial charge in [0.1, 0.15) is 0 Å². The van der Waals surface area contributed by atoms with Crippen molar-refractivity contribution in [2.75, 3.05) is 0 Å². The molecule has 14 heavy (non-hydrogen) atoms. The van der Waals surface area contributed by atoms with E-state index in [9.17, 15) is 4.79 Å². The molecule has 0 bridgehead atoms. The molecule has 2 rings (SSSR count). The van der Waals surface area contributed by atoms with Gasteiger partial charge in [-0.3, -0.25) is 4.57 Å². The maximum atomic E-state index is 11.3. The van der Waals surface area contributed by atoms with Gasteiger partial charge in [-0.2, -0.15) is 5.26 Å². The number of oxazole rings is 1. The fraction of sp³-hybridized carbons (Fsp3) is 0.200. The van der Waals surface area contributed by atoms with Gasteiger partial charge in [-0.15, -0.1) is 0 Å². The Balaban J connectivity index is 2.58. The Morgan fingerprint density at radius 3 is 3.00 bits per heavy atom. The molecule has 2 aromatic rings.